The molecule has 2 heterocycles. The highest BCUT2D eigenvalue weighted by Gasteiger charge is 2.27. The maximum atomic E-state index is 12.4. The zero-order chi connectivity index (χ0) is 15.2. The number of likely N-dealkylation sites (tertiary alicyclic amines) is 1. The van der Waals surface area contributed by atoms with Crippen LogP contribution in [0.2, 0.25) is 5.02 Å². The Morgan fingerprint density at radius 3 is 2.71 bits per heavy atom. The van der Waals surface area contributed by atoms with Crippen LogP contribution in [0.5, 0.6) is 6.01 Å². The van der Waals surface area contributed by atoms with Gasteiger partial charge in [0.15, 0.2) is 0 Å². The monoisotopic (exact) mass is 312 g/mol. The van der Waals surface area contributed by atoms with Gasteiger partial charge in [-0.1, -0.05) is 11.6 Å². The van der Waals surface area contributed by atoms with Gasteiger partial charge < -0.3 is 14.5 Å². The summed E-state index contributed by atoms with van der Waals surface area (Å²) >= 11 is 5.75. The summed E-state index contributed by atoms with van der Waals surface area (Å²) in [6.07, 6.45) is 4.76. The summed E-state index contributed by atoms with van der Waals surface area (Å²) in [7, 11) is 0. The van der Waals surface area contributed by atoms with Gasteiger partial charge in [0.25, 0.3) is 0 Å². The van der Waals surface area contributed by atoms with E-state index in [0.717, 1.165) is 32.5 Å². The van der Waals surface area contributed by atoms with Crippen LogP contribution < -0.4 is 4.74 Å². The summed E-state index contributed by atoms with van der Waals surface area (Å²) in [5.41, 5.74) is 0. The summed E-state index contributed by atoms with van der Waals surface area (Å²) in [4.78, 5) is 24.1. The van der Waals surface area contributed by atoms with Crippen molar-refractivity contribution in [3.8, 4) is 6.01 Å². The zero-order valence-electron chi connectivity index (χ0n) is 12.5. The van der Waals surface area contributed by atoms with Crippen molar-refractivity contribution >= 4 is 17.6 Å². The van der Waals surface area contributed by atoms with Crippen LogP contribution in [0.25, 0.3) is 0 Å². The van der Waals surface area contributed by atoms with Gasteiger partial charge in [-0.05, 0) is 26.7 Å². The van der Waals surface area contributed by atoms with E-state index < -0.39 is 0 Å². The smallest absolute Gasteiger partial charge is 0.320 e. The van der Waals surface area contributed by atoms with Gasteiger partial charge in [-0.15, -0.1) is 0 Å². The molecule has 2 rings (SSSR count). The molecule has 0 bridgehead atoms. The minimum absolute atomic E-state index is 0.0700. The van der Waals surface area contributed by atoms with Gasteiger partial charge in [0.2, 0.25) is 0 Å². The van der Waals surface area contributed by atoms with E-state index in [4.69, 9.17) is 16.3 Å². The number of amides is 2. The fourth-order valence-electron chi connectivity index (χ4n) is 2.41. The lowest BCUT2D eigenvalue weighted by atomic mass is 10.1. The topological polar surface area (TPSA) is 58.6 Å². The number of hydrogen-bond acceptors (Lipinski definition) is 4. The second-order valence-electron chi connectivity index (χ2n) is 4.97. The number of aromatic nitrogens is 2. The van der Waals surface area contributed by atoms with Crippen LogP contribution in [0.1, 0.15) is 26.7 Å². The van der Waals surface area contributed by atoms with Crippen LogP contribution in [0.4, 0.5) is 4.79 Å². The third-order valence-corrected chi connectivity index (χ3v) is 3.75. The predicted molar refractivity (Wildman–Crippen MR) is 80.6 cm³/mol. The van der Waals surface area contributed by atoms with Crippen LogP contribution in [-0.2, 0) is 0 Å². The van der Waals surface area contributed by atoms with Gasteiger partial charge in [0.05, 0.1) is 24.0 Å². The molecule has 0 spiro atoms. The molecule has 1 unspecified atom stereocenters. The SMILES string of the molecule is CCN(CC)C(=O)N1CCCC(Oc2ncc(Cl)cn2)C1. The lowest BCUT2D eigenvalue weighted by Gasteiger charge is -2.35. The third kappa shape index (κ3) is 4.20. The molecule has 0 aliphatic carbocycles. The van der Waals surface area contributed by atoms with E-state index in [2.05, 4.69) is 9.97 Å². The van der Waals surface area contributed by atoms with E-state index in [-0.39, 0.29) is 12.1 Å². The lowest BCUT2D eigenvalue weighted by Crippen LogP contribution is -2.50. The van der Waals surface area contributed by atoms with Crippen molar-refractivity contribution in [3.63, 3.8) is 0 Å². The summed E-state index contributed by atoms with van der Waals surface area (Å²) < 4.78 is 5.74. The first-order chi connectivity index (χ1) is 10.1. The Morgan fingerprint density at radius 1 is 1.43 bits per heavy atom. The van der Waals surface area contributed by atoms with E-state index in [9.17, 15) is 4.79 Å². The average molecular weight is 313 g/mol. The first-order valence-corrected chi connectivity index (χ1v) is 7.69. The minimum atomic E-state index is -0.0700. The molecule has 7 heteroatoms. The van der Waals surface area contributed by atoms with Crippen LogP contribution in [-0.4, -0.2) is 58.1 Å². The first kappa shape index (κ1) is 15.8. The molecule has 1 fully saturated rings. The molecule has 1 aromatic rings. The quantitative estimate of drug-likeness (QED) is 0.857. The first-order valence-electron chi connectivity index (χ1n) is 7.32. The van der Waals surface area contributed by atoms with E-state index in [1.54, 1.807) is 0 Å². The minimum Gasteiger partial charge on any atom is -0.458 e. The molecule has 0 N–H and O–H groups in total. The van der Waals surface area contributed by atoms with Crippen LogP contribution in [0.15, 0.2) is 12.4 Å². The number of rotatable bonds is 4. The molecule has 1 aliphatic rings. The molecule has 2 amide bonds. The van der Waals surface area contributed by atoms with Gasteiger partial charge in [-0.2, -0.15) is 0 Å². The lowest BCUT2D eigenvalue weighted by molar-refractivity contribution is 0.0806. The highest BCUT2D eigenvalue weighted by molar-refractivity contribution is 6.30. The molecule has 6 nitrogen and oxygen atoms in total. The van der Waals surface area contributed by atoms with Crippen molar-refractivity contribution < 1.29 is 9.53 Å². The summed E-state index contributed by atoms with van der Waals surface area (Å²) in [6, 6.07) is 0.381. The average Bonchev–Trinajstić information content (AvgIpc) is 2.51. The van der Waals surface area contributed by atoms with Gasteiger partial charge in [-0.25, -0.2) is 14.8 Å². The van der Waals surface area contributed by atoms with Crippen molar-refractivity contribution in [1.82, 2.24) is 19.8 Å². The molecule has 0 saturated carbocycles. The molecule has 0 radical (unpaired) electrons. The maximum absolute atomic E-state index is 12.4. The molecule has 1 saturated heterocycles. The molecular weight excluding hydrogens is 292 g/mol. The molecule has 1 aromatic heterocycles. The number of urea groups is 1. The van der Waals surface area contributed by atoms with Crippen molar-refractivity contribution in [1.29, 1.82) is 0 Å². The Balaban J connectivity index is 1.94. The molecule has 1 atom stereocenters. The number of piperidine rings is 1. The number of nitrogens with zero attached hydrogens (tertiary/aromatic N) is 4. The fraction of sp³-hybridized carbons (Fsp3) is 0.643. The Kier molecular flexibility index (Phi) is 5.61. The Morgan fingerprint density at radius 2 is 2.10 bits per heavy atom. The van der Waals surface area contributed by atoms with E-state index >= 15 is 0 Å². The highest BCUT2D eigenvalue weighted by atomic mass is 35.5. The third-order valence-electron chi connectivity index (χ3n) is 3.55. The summed E-state index contributed by atoms with van der Waals surface area (Å²) in [5, 5.41) is 0.476. The van der Waals surface area contributed by atoms with Gasteiger partial charge in [0, 0.05) is 19.6 Å². The molecule has 0 aromatic carbocycles. The number of ether oxygens (including phenoxy) is 1. The van der Waals surface area contributed by atoms with Gasteiger partial charge >= 0.3 is 12.0 Å². The molecule has 21 heavy (non-hydrogen) atoms. The number of carbonyl (C=O) groups is 1. The van der Waals surface area contributed by atoms with Gasteiger partial charge in [-0.3, -0.25) is 0 Å². The Bertz CT molecular complexity index is 465. The molecule has 1 aliphatic heterocycles. The summed E-state index contributed by atoms with van der Waals surface area (Å²) in [6.45, 7) is 6.76. The Labute approximate surface area is 130 Å². The Hall–Kier alpha value is -1.56. The molecule has 116 valence electrons. The standard InChI is InChI=1S/C14H21ClN4O2/c1-3-18(4-2)14(20)19-7-5-6-12(10-19)21-13-16-8-11(15)9-17-13/h8-9,12H,3-7,10H2,1-2H3. The summed E-state index contributed by atoms with van der Waals surface area (Å²) in [5.74, 6) is 0. The number of carbonyl (C=O) groups excluding carboxylic acids is 1. The van der Waals surface area contributed by atoms with E-state index in [1.165, 1.54) is 12.4 Å². The van der Waals surface area contributed by atoms with Crippen molar-refractivity contribution in [2.75, 3.05) is 26.2 Å². The predicted octanol–water partition coefficient (Wildman–Crippen LogP) is 2.44. The van der Waals surface area contributed by atoms with Crippen LogP contribution in [0, 0.1) is 0 Å². The van der Waals surface area contributed by atoms with Crippen LogP contribution in [0.3, 0.4) is 0 Å². The van der Waals surface area contributed by atoms with Crippen molar-refractivity contribution in [3.05, 3.63) is 17.4 Å². The fourth-order valence-corrected chi connectivity index (χ4v) is 2.51. The van der Waals surface area contributed by atoms with Crippen molar-refractivity contribution in [2.45, 2.75) is 32.8 Å². The van der Waals surface area contributed by atoms with E-state index in [1.807, 2.05) is 23.6 Å². The molecular formula is C14H21ClN4O2. The zero-order valence-corrected chi connectivity index (χ0v) is 13.2. The second-order valence-corrected chi connectivity index (χ2v) is 5.40. The normalized spacial score (nSPS) is 18.4. The highest BCUT2D eigenvalue weighted by Crippen LogP contribution is 2.17. The number of hydrogen-bond donors (Lipinski definition) is 0. The second kappa shape index (κ2) is 7.45. The van der Waals surface area contributed by atoms with E-state index in [0.29, 0.717) is 17.6 Å². The van der Waals surface area contributed by atoms with Crippen LogP contribution >= 0.6 is 11.6 Å². The van der Waals surface area contributed by atoms with Gasteiger partial charge in [0.1, 0.15) is 6.10 Å². The van der Waals surface area contributed by atoms with Crippen molar-refractivity contribution in [2.24, 2.45) is 0 Å². The maximum Gasteiger partial charge on any atom is 0.320 e. The largest absolute Gasteiger partial charge is 0.458 e. The number of halogens is 1.